The number of hydrogen-bond donors (Lipinski definition) is 3. The van der Waals surface area contributed by atoms with Crippen LogP contribution in [0.5, 0.6) is 0 Å². The number of ether oxygens (including phenoxy) is 1. The smallest absolute Gasteiger partial charge is 0.165 e. The van der Waals surface area contributed by atoms with Gasteiger partial charge in [0.2, 0.25) is 0 Å². The van der Waals surface area contributed by atoms with E-state index in [9.17, 15) is 0 Å². The summed E-state index contributed by atoms with van der Waals surface area (Å²) >= 11 is 0. The standard InChI is InChI=1S/C12H22N6O/c1-9(13)19-12(15)18-6-4-17(5-7-18)11-2-3-16-8-10(11)14/h2-3,8-9,12H,4-7,13-15H2,1H3. The van der Waals surface area contributed by atoms with E-state index in [0.29, 0.717) is 5.69 Å². The van der Waals surface area contributed by atoms with E-state index in [-0.39, 0.29) is 6.23 Å². The molecule has 2 unspecified atom stereocenters. The number of pyridine rings is 1. The van der Waals surface area contributed by atoms with Crippen LogP contribution in [0.25, 0.3) is 0 Å². The SMILES string of the molecule is CC(N)OC(N)N1CCN(c2ccncc2N)CC1. The summed E-state index contributed by atoms with van der Waals surface area (Å²) in [5, 5.41) is 0. The molecule has 0 spiro atoms. The van der Waals surface area contributed by atoms with Gasteiger partial charge in [0.25, 0.3) is 0 Å². The van der Waals surface area contributed by atoms with E-state index in [2.05, 4.69) is 14.8 Å². The molecule has 1 aliphatic rings. The molecule has 0 amide bonds. The Labute approximate surface area is 113 Å². The van der Waals surface area contributed by atoms with Gasteiger partial charge in [-0.1, -0.05) is 0 Å². The summed E-state index contributed by atoms with van der Waals surface area (Å²) in [5.41, 5.74) is 19.2. The Bertz CT molecular complexity index is 405. The lowest BCUT2D eigenvalue weighted by Crippen LogP contribution is -2.55. The quantitative estimate of drug-likeness (QED) is 0.622. The molecule has 1 saturated heterocycles. The molecule has 6 N–H and O–H groups in total. The van der Waals surface area contributed by atoms with E-state index in [1.54, 1.807) is 19.3 Å². The van der Waals surface area contributed by atoms with Crippen molar-refractivity contribution in [2.24, 2.45) is 11.5 Å². The van der Waals surface area contributed by atoms with Crippen LogP contribution in [-0.2, 0) is 4.74 Å². The summed E-state index contributed by atoms with van der Waals surface area (Å²) in [7, 11) is 0. The van der Waals surface area contributed by atoms with Gasteiger partial charge in [-0.25, -0.2) is 0 Å². The summed E-state index contributed by atoms with van der Waals surface area (Å²) in [6.07, 6.45) is 2.62. The second-order valence-corrected chi connectivity index (χ2v) is 4.69. The third kappa shape index (κ3) is 3.54. The van der Waals surface area contributed by atoms with Crippen molar-refractivity contribution in [3.05, 3.63) is 18.5 Å². The average molecular weight is 266 g/mol. The highest BCUT2D eigenvalue weighted by Gasteiger charge is 2.23. The number of aromatic nitrogens is 1. The van der Waals surface area contributed by atoms with Crippen LogP contribution in [0.4, 0.5) is 11.4 Å². The molecule has 2 heterocycles. The number of rotatable bonds is 4. The van der Waals surface area contributed by atoms with Gasteiger partial charge in [0.1, 0.15) is 6.23 Å². The number of anilines is 2. The lowest BCUT2D eigenvalue weighted by molar-refractivity contribution is -0.0894. The van der Waals surface area contributed by atoms with Crippen molar-refractivity contribution in [3.63, 3.8) is 0 Å². The Kier molecular flexibility index (Phi) is 4.54. The molecule has 0 aromatic carbocycles. The largest absolute Gasteiger partial charge is 0.396 e. The Morgan fingerprint density at radius 3 is 2.53 bits per heavy atom. The monoisotopic (exact) mass is 266 g/mol. The van der Waals surface area contributed by atoms with Crippen LogP contribution < -0.4 is 22.1 Å². The molecule has 19 heavy (non-hydrogen) atoms. The molecule has 0 saturated carbocycles. The maximum absolute atomic E-state index is 5.93. The first-order valence-electron chi connectivity index (χ1n) is 6.43. The second kappa shape index (κ2) is 6.16. The van der Waals surface area contributed by atoms with E-state index >= 15 is 0 Å². The first-order chi connectivity index (χ1) is 9.08. The lowest BCUT2D eigenvalue weighted by Gasteiger charge is -2.39. The van der Waals surface area contributed by atoms with Crippen molar-refractivity contribution in [2.75, 3.05) is 36.8 Å². The van der Waals surface area contributed by atoms with Gasteiger partial charge in [-0.3, -0.25) is 15.6 Å². The fourth-order valence-electron chi connectivity index (χ4n) is 2.21. The number of hydrogen-bond acceptors (Lipinski definition) is 7. The zero-order chi connectivity index (χ0) is 13.8. The Hall–Kier alpha value is -1.41. The highest BCUT2D eigenvalue weighted by molar-refractivity contribution is 5.66. The molecule has 1 fully saturated rings. The Morgan fingerprint density at radius 2 is 1.95 bits per heavy atom. The van der Waals surface area contributed by atoms with Gasteiger partial charge in [0.05, 0.1) is 17.6 Å². The van der Waals surface area contributed by atoms with Crippen LogP contribution in [0.3, 0.4) is 0 Å². The van der Waals surface area contributed by atoms with E-state index in [0.717, 1.165) is 31.9 Å². The molecule has 1 aromatic rings. The molecule has 106 valence electrons. The third-order valence-corrected chi connectivity index (χ3v) is 3.20. The van der Waals surface area contributed by atoms with Gasteiger partial charge >= 0.3 is 0 Å². The highest BCUT2D eigenvalue weighted by Crippen LogP contribution is 2.22. The molecule has 1 aliphatic heterocycles. The van der Waals surface area contributed by atoms with Crippen molar-refractivity contribution >= 4 is 11.4 Å². The molecule has 7 nitrogen and oxygen atoms in total. The second-order valence-electron chi connectivity index (χ2n) is 4.69. The Balaban J connectivity index is 1.91. The fourth-order valence-corrected chi connectivity index (χ4v) is 2.21. The summed E-state index contributed by atoms with van der Waals surface area (Å²) in [6, 6.07) is 1.93. The topological polar surface area (TPSA) is 107 Å². The summed E-state index contributed by atoms with van der Waals surface area (Å²) in [5.74, 6) is 0. The zero-order valence-corrected chi connectivity index (χ0v) is 11.2. The third-order valence-electron chi connectivity index (χ3n) is 3.20. The number of nitrogens with zero attached hydrogens (tertiary/aromatic N) is 3. The maximum Gasteiger partial charge on any atom is 0.165 e. The van der Waals surface area contributed by atoms with E-state index in [4.69, 9.17) is 21.9 Å². The number of nitrogens with two attached hydrogens (primary N) is 3. The Morgan fingerprint density at radius 1 is 1.26 bits per heavy atom. The molecule has 0 aliphatic carbocycles. The normalized spacial score (nSPS) is 20.3. The van der Waals surface area contributed by atoms with Gasteiger partial charge in [0.15, 0.2) is 6.35 Å². The summed E-state index contributed by atoms with van der Waals surface area (Å²) < 4.78 is 5.38. The first-order valence-corrected chi connectivity index (χ1v) is 6.43. The van der Waals surface area contributed by atoms with Crippen molar-refractivity contribution in [3.8, 4) is 0 Å². The van der Waals surface area contributed by atoms with Crippen LogP contribution in [-0.4, -0.2) is 48.6 Å². The predicted molar refractivity (Wildman–Crippen MR) is 75.1 cm³/mol. The summed E-state index contributed by atoms with van der Waals surface area (Å²) in [4.78, 5) is 8.29. The molecule has 0 radical (unpaired) electrons. The van der Waals surface area contributed by atoms with Crippen LogP contribution in [0.2, 0.25) is 0 Å². The van der Waals surface area contributed by atoms with Crippen molar-refractivity contribution < 1.29 is 4.74 Å². The van der Waals surface area contributed by atoms with E-state index in [1.807, 2.05) is 6.07 Å². The first kappa shape index (κ1) is 14.0. The number of piperazine rings is 1. The minimum absolute atomic E-state index is 0.358. The van der Waals surface area contributed by atoms with Crippen molar-refractivity contribution in [1.82, 2.24) is 9.88 Å². The van der Waals surface area contributed by atoms with Crippen LogP contribution in [0, 0.1) is 0 Å². The molecule has 7 heteroatoms. The van der Waals surface area contributed by atoms with Gasteiger partial charge in [-0.15, -0.1) is 0 Å². The molecule has 2 rings (SSSR count). The van der Waals surface area contributed by atoms with Crippen LogP contribution in [0.15, 0.2) is 18.5 Å². The predicted octanol–water partition coefficient (Wildman–Crippen LogP) is -0.651. The van der Waals surface area contributed by atoms with Gasteiger partial charge in [0, 0.05) is 32.4 Å². The van der Waals surface area contributed by atoms with Crippen molar-refractivity contribution in [2.45, 2.75) is 19.5 Å². The van der Waals surface area contributed by atoms with Gasteiger partial charge in [-0.2, -0.15) is 0 Å². The molecule has 1 aromatic heterocycles. The number of nitrogen functional groups attached to an aromatic ring is 1. The van der Waals surface area contributed by atoms with E-state index in [1.165, 1.54) is 0 Å². The van der Waals surface area contributed by atoms with Gasteiger partial charge < -0.3 is 21.1 Å². The maximum atomic E-state index is 5.93. The molecular weight excluding hydrogens is 244 g/mol. The minimum Gasteiger partial charge on any atom is -0.396 e. The van der Waals surface area contributed by atoms with Gasteiger partial charge in [-0.05, 0) is 13.0 Å². The highest BCUT2D eigenvalue weighted by atomic mass is 16.5. The molecule has 0 bridgehead atoms. The summed E-state index contributed by atoms with van der Waals surface area (Å²) in [6.45, 7) is 5.10. The van der Waals surface area contributed by atoms with Crippen LogP contribution in [0.1, 0.15) is 6.92 Å². The molecule has 2 atom stereocenters. The van der Waals surface area contributed by atoms with Crippen LogP contribution >= 0.6 is 0 Å². The lowest BCUT2D eigenvalue weighted by atomic mass is 10.2. The van der Waals surface area contributed by atoms with Crippen molar-refractivity contribution in [1.29, 1.82) is 0 Å². The molecular formula is C12H22N6O. The average Bonchev–Trinajstić information content (AvgIpc) is 2.39. The fraction of sp³-hybridized carbons (Fsp3) is 0.583. The van der Waals surface area contributed by atoms with E-state index < -0.39 is 6.35 Å². The minimum atomic E-state index is -0.447. The zero-order valence-electron chi connectivity index (χ0n) is 11.2.